The molecule has 5 rings (SSSR count). The van der Waals surface area contributed by atoms with Gasteiger partial charge in [-0.3, -0.25) is 0 Å². The van der Waals surface area contributed by atoms with Gasteiger partial charge in [0.15, 0.2) is 11.5 Å². The Morgan fingerprint density at radius 3 is 1.06 bits per heavy atom. The predicted molar refractivity (Wildman–Crippen MR) is 116 cm³/mol. The minimum atomic E-state index is -1.02. The molecule has 0 fully saturated rings. The number of hydrogen-bond donors (Lipinski definition) is 0. The third kappa shape index (κ3) is 3.01. The number of benzene rings is 3. The normalized spacial score (nSPS) is 11.3. The molecule has 0 saturated heterocycles. The molecule has 0 radical (unpaired) electrons. The fraction of sp³-hybridized carbons (Fsp3) is 0.0833. The number of furan rings is 2. The first kappa shape index (κ1) is 19.5. The molecule has 0 spiro atoms. The molecule has 0 aliphatic heterocycles. The lowest BCUT2D eigenvalue weighted by Gasteiger charge is -2.11. The molecule has 0 bridgehead atoms. The van der Waals surface area contributed by atoms with Crippen molar-refractivity contribution in [1.29, 1.82) is 0 Å². The summed E-state index contributed by atoms with van der Waals surface area (Å²) in [6, 6.07) is 13.5. The molecule has 8 nitrogen and oxygen atoms in total. The van der Waals surface area contributed by atoms with Crippen molar-refractivity contribution in [3.8, 4) is 23.0 Å². The minimum Gasteiger partial charge on any atom is -0.455 e. The van der Waals surface area contributed by atoms with Crippen LogP contribution in [0.25, 0.3) is 21.5 Å². The van der Waals surface area contributed by atoms with E-state index in [9.17, 15) is 19.2 Å². The number of fused-ring (bicyclic) bond motifs is 2. The summed E-state index contributed by atoms with van der Waals surface area (Å²) in [5, 5.41) is -1.21. The Morgan fingerprint density at radius 2 is 0.781 bits per heavy atom. The SMILES string of the molecule is Cc1ccc(Oc2c3c(=O)oc(=O)c3c(Oc3ccc(C)cc3)c3c(=O)oc(=O)c23)cc1. The molecule has 5 aromatic rings. The molecule has 3 aromatic carbocycles. The van der Waals surface area contributed by atoms with Gasteiger partial charge in [0.1, 0.15) is 33.0 Å². The summed E-state index contributed by atoms with van der Waals surface area (Å²) in [5.41, 5.74) is -2.16. The second-order valence-electron chi connectivity index (χ2n) is 7.34. The van der Waals surface area contributed by atoms with Crippen LogP contribution in [-0.2, 0) is 0 Å². The van der Waals surface area contributed by atoms with Crippen LogP contribution >= 0.6 is 0 Å². The lowest BCUT2D eigenvalue weighted by atomic mass is 10.1. The Labute approximate surface area is 178 Å². The molecule has 0 saturated carbocycles. The monoisotopic (exact) mass is 430 g/mol. The van der Waals surface area contributed by atoms with Crippen molar-refractivity contribution in [1.82, 2.24) is 0 Å². The van der Waals surface area contributed by atoms with E-state index in [-0.39, 0.29) is 44.5 Å². The first-order valence-corrected chi connectivity index (χ1v) is 9.59. The topological polar surface area (TPSA) is 113 Å². The van der Waals surface area contributed by atoms with Gasteiger partial charge in [-0.25, -0.2) is 19.2 Å². The summed E-state index contributed by atoms with van der Waals surface area (Å²) in [6.45, 7) is 3.75. The van der Waals surface area contributed by atoms with E-state index in [1.54, 1.807) is 48.5 Å². The molecule has 158 valence electrons. The third-order valence-electron chi connectivity index (χ3n) is 5.08. The van der Waals surface area contributed by atoms with Crippen LogP contribution in [0, 0.1) is 13.8 Å². The van der Waals surface area contributed by atoms with Crippen LogP contribution in [0.2, 0.25) is 0 Å². The van der Waals surface area contributed by atoms with Crippen LogP contribution < -0.4 is 32.0 Å². The number of hydrogen-bond acceptors (Lipinski definition) is 8. The van der Waals surface area contributed by atoms with Gasteiger partial charge in [-0.15, -0.1) is 0 Å². The fourth-order valence-corrected chi connectivity index (χ4v) is 3.51. The molecule has 0 unspecified atom stereocenters. The van der Waals surface area contributed by atoms with E-state index < -0.39 is 22.5 Å². The standard InChI is InChI=1S/C24H14O8/c1-11-3-7-13(8-4-11)29-19-15-17(23(27)31-21(15)25)20(18-16(19)22(26)32-24(18)28)30-14-9-5-12(2)6-10-14/h3-10H,1-2H3. The van der Waals surface area contributed by atoms with Gasteiger partial charge in [0.05, 0.1) is 0 Å². The summed E-state index contributed by atoms with van der Waals surface area (Å²) in [4.78, 5) is 50.3. The average molecular weight is 430 g/mol. The molecule has 2 heterocycles. The maximum Gasteiger partial charge on any atom is 0.350 e. The van der Waals surface area contributed by atoms with Gasteiger partial charge in [-0.1, -0.05) is 35.4 Å². The smallest absolute Gasteiger partial charge is 0.350 e. The van der Waals surface area contributed by atoms with Crippen LogP contribution in [0.1, 0.15) is 11.1 Å². The summed E-state index contributed by atoms with van der Waals surface area (Å²) in [6.07, 6.45) is 0. The van der Waals surface area contributed by atoms with Crippen LogP contribution in [0.3, 0.4) is 0 Å². The number of ether oxygens (including phenoxy) is 2. The zero-order valence-corrected chi connectivity index (χ0v) is 16.9. The predicted octanol–water partition coefficient (Wildman–Crippen LogP) is 3.70. The first-order valence-electron chi connectivity index (χ1n) is 9.59. The molecule has 0 N–H and O–H groups in total. The van der Waals surface area contributed by atoms with Gasteiger partial charge in [-0.05, 0) is 38.1 Å². The summed E-state index contributed by atoms with van der Waals surface area (Å²) < 4.78 is 21.2. The van der Waals surface area contributed by atoms with Crippen LogP contribution in [0.5, 0.6) is 23.0 Å². The van der Waals surface area contributed by atoms with E-state index >= 15 is 0 Å². The molecular formula is C24H14O8. The zero-order valence-electron chi connectivity index (χ0n) is 16.9. The minimum absolute atomic E-state index is 0.284. The Kier molecular flexibility index (Phi) is 4.30. The summed E-state index contributed by atoms with van der Waals surface area (Å²) >= 11 is 0. The van der Waals surface area contributed by atoms with Crippen LogP contribution in [0.4, 0.5) is 0 Å². The highest BCUT2D eigenvalue weighted by atomic mass is 16.5. The molecular weight excluding hydrogens is 416 g/mol. The van der Waals surface area contributed by atoms with E-state index in [1.165, 1.54) is 0 Å². The summed E-state index contributed by atoms with van der Waals surface area (Å²) in [7, 11) is 0. The van der Waals surface area contributed by atoms with Crippen molar-refractivity contribution in [2.24, 2.45) is 0 Å². The highest BCUT2D eigenvalue weighted by Gasteiger charge is 2.30. The van der Waals surface area contributed by atoms with E-state index in [0.717, 1.165) is 11.1 Å². The Balaban J connectivity index is 1.87. The van der Waals surface area contributed by atoms with Gasteiger partial charge in [0.25, 0.3) is 0 Å². The molecule has 0 amide bonds. The Hall–Kier alpha value is -4.46. The van der Waals surface area contributed by atoms with Crippen molar-refractivity contribution in [2.45, 2.75) is 13.8 Å². The maximum absolute atomic E-state index is 12.6. The highest BCUT2D eigenvalue weighted by Crippen LogP contribution is 2.41. The van der Waals surface area contributed by atoms with Gasteiger partial charge in [0, 0.05) is 0 Å². The average Bonchev–Trinajstić information content (AvgIpc) is 3.22. The second-order valence-corrected chi connectivity index (χ2v) is 7.34. The van der Waals surface area contributed by atoms with E-state index in [1.807, 2.05) is 13.8 Å². The number of rotatable bonds is 4. The van der Waals surface area contributed by atoms with Crippen molar-refractivity contribution in [2.75, 3.05) is 0 Å². The first-order chi connectivity index (χ1) is 15.3. The van der Waals surface area contributed by atoms with Gasteiger partial charge in [-0.2, -0.15) is 0 Å². The van der Waals surface area contributed by atoms with E-state index in [2.05, 4.69) is 0 Å². The van der Waals surface area contributed by atoms with Gasteiger partial charge >= 0.3 is 22.5 Å². The molecule has 0 aliphatic carbocycles. The molecule has 0 aliphatic rings. The van der Waals surface area contributed by atoms with E-state index in [4.69, 9.17) is 18.3 Å². The van der Waals surface area contributed by atoms with Crippen molar-refractivity contribution in [3.63, 3.8) is 0 Å². The lowest BCUT2D eigenvalue weighted by Crippen LogP contribution is -2.02. The maximum atomic E-state index is 12.6. The Bertz CT molecular complexity index is 1490. The second kappa shape index (κ2) is 7.05. The molecule has 2 aromatic heterocycles. The number of aryl methyl sites for hydroxylation is 2. The molecule has 32 heavy (non-hydrogen) atoms. The van der Waals surface area contributed by atoms with Crippen molar-refractivity contribution < 1.29 is 18.3 Å². The largest absolute Gasteiger partial charge is 0.455 e. The summed E-state index contributed by atoms with van der Waals surface area (Å²) in [5.74, 6) is -0.0124. The fourth-order valence-electron chi connectivity index (χ4n) is 3.51. The van der Waals surface area contributed by atoms with Gasteiger partial charge in [0.2, 0.25) is 0 Å². The highest BCUT2D eigenvalue weighted by molar-refractivity contribution is 6.10. The Morgan fingerprint density at radius 1 is 0.500 bits per heavy atom. The van der Waals surface area contributed by atoms with Gasteiger partial charge < -0.3 is 18.3 Å². The van der Waals surface area contributed by atoms with Crippen LogP contribution in [0.15, 0.2) is 76.5 Å². The van der Waals surface area contributed by atoms with Crippen molar-refractivity contribution in [3.05, 3.63) is 101 Å². The lowest BCUT2D eigenvalue weighted by molar-refractivity contribution is 0.475. The molecule has 8 heteroatoms. The zero-order chi connectivity index (χ0) is 22.6. The third-order valence-corrected chi connectivity index (χ3v) is 5.08. The van der Waals surface area contributed by atoms with Crippen molar-refractivity contribution >= 4 is 21.5 Å². The molecule has 0 atom stereocenters. The van der Waals surface area contributed by atoms with Crippen LogP contribution in [-0.4, -0.2) is 0 Å². The quantitative estimate of drug-likeness (QED) is 0.424. The van der Waals surface area contributed by atoms with E-state index in [0.29, 0.717) is 0 Å².